The van der Waals surface area contributed by atoms with Crippen LogP contribution in [0.5, 0.6) is 5.75 Å². The number of halogens is 2. The van der Waals surface area contributed by atoms with Gasteiger partial charge in [0.2, 0.25) is 5.95 Å². The lowest BCUT2D eigenvalue weighted by molar-refractivity contribution is 0.246. The summed E-state index contributed by atoms with van der Waals surface area (Å²) in [6.07, 6.45) is 5.30. The third kappa shape index (κ3) is 4.25. The largest absolute Gasteiger partial charge is 0.493 e. The highest BCUT2D eigenvalue weighted by atomic mass is 79.9. The number of hydrogen-bond donors (Lipinski definition) is 1. The molecule has 29 heavy (non-hydrogen) atoms. The van der Waals surface area contributed by atoms with Crippen molar-refractivity contribution < 1.29 is 9.13 Å². The third-order valence-corrected chi connectivity index (χ3v) is 5.25. The van der Waals surface area contributed by atoms with Crippen LogP contribution >= 0.6 is 17.0 Å². The van der Waals surface area contributed by atoms with Crippen LogP contribution < -0.4 is 9.64 Å². The molecule has 0 amide bonds. The van der Waals surface area contributed by atoms with E-state index in [1.807, 2.05) is 18.3 Å². The van der Waals surface area contributed by atoms with Crippen LogP contribution in [-0.4, -0.2) is 57.6 Å². The van der Waals surface area contributed by atoms with Crippen molar-refractivity contribution in [3.05, 3.63) is 53.9 Å². The zero-order valence-corrected chi connectivity index (χ0v) is 17.6. The van der Waals surface area contributed by atoms with E-state index in [9.17, 15) is 4.39 Å². The zero-order chi connectivity index (χ0) is 18.9. The quantitative estimate of drug-likeness (QED) is 0.645. The highest BCUT2D eigenvalue weighted by Gasteiger charge is 2.20. The molecular weight excluding hydrogens is 439 g/mol. The van der Waals surface area contributed by atoms with Gasteiger partial charge in [0.25, 0.3) is 0 Å². The molecule has 0 bridgehead atoms. The Labute approximate surface area is 178 Å². The molecule has 0 radical (unpaired) electrons. The lowest BCUT2D eigenvalue weighted by Crippen LogP contribution is -2.46. The number of H-pyrrole nitrogens is 1. The number of ether oxygens (including phenoxy) is 1. The third-order valence-electron chi connectivity index (χ3n) is 5.25. The molecule has 2 aliphatic heterocycles. The van der Waals surface area contributed by atoms with Crippen LogP contribution in [0.3, 0.4) is 0 Å². The number of aromatic amines is 1. The zero-order valence-electron chi connectivity index (χ0n) is 15.8. The average Bonchev–Trinajstić information content (AvgIpc) is 3.38. The molecule has 3 aromatic rings. The summed E-state index contributed by atoms with van der Waals surface area (Å²) < 4.78 is 18.6. The Kier molecular flexibility index (Phi) is 5.77. The Balaban J connectivity index is 0.00000205. The fourth-order valence-electron chi connectivity index (χ4n) is 3.74. The van der Waals surface area contributed by atoms with Crippen molar-refractivity contribution in [1.29, 1.82) is 0 Å². The number of nitrogens with one attached hydrogen (secondary N) is 1. The molecule has 2 aliphatic rings. The Bertz CT molecular complexity index is 971. The van der Waals surface area contributed by atoms with Gasteiger partial charge >= 0.3 is 0 Å². The molecule has 1 saturated heterocycles. The summed E-state index contributed by atoms with van der Waals surface area (Å²) in [5, 5.41) is 0. The molecule has 5 rings (SSSR count). The van der Waals surface area contributed by atoms with Gasteiger partial charge in [0.1, 0.15) is 11.6 Å². The van der Waals surface area contributed by atoms with E-state index in [1.54, 1.807) is 0 Å². The average molecular weight is 461 g/mol. The number of rotatable bonds is 4. The van der Waals surface area contributed by atoms with Crippen molar-refractivity contribution in [2.45, 2.75) is 13.0 Å². The SMILES string of the molecule is Br.Fc1cnc(N2CCN(Cc3cnc(-c4ccc5c(c4)CCO5)[nH]3)CC2)nc1. The van der Waals surface area contributed by atoms with E-state index in [1.165, 1.54) is 18.0 Å². The fraction of sp³-hybridized carbons (Fsp3) is 0.350. The van der Waals surface area contributed by atoms with Crippen molar-refractivity contribution in [2.75, 3.05) is 37.7 Å². The lowest BCUT2D eigenvalue weighted by Gasteiger charge is -2.34. The first-order valence-corrected chi connectivity index (χ1v) is 9.49. The van der Waals surface area contributed by atoms with Gasteiger partial charge in [0, 0.05) is 56.6 Å². The second-order valence-corrected chi connectivity index (χ2v) is 7.14. The molecule has 7 nitrogen and oxygen atoms in total. The minimum absolute atomic E-state index is 0. The van der Waals surface area contributed by atoms with E-state index in [4.69, 9.17) is 4.74 Å². The summed E-state index contributed by atoms with van der Waals surface area (Å²) in [5.41, 5.74) is 3.43. The fourth-order valence-corrected chi connectivity index (χ4v) is 3.74. The minimum atomic E-state index is -0.409. The van der Waals surface area contributed by atoms with Crippen LogP contribution in [0.15, 0.2) is 36.8 Å². The summed E-state index contributed by atoms with van der Waals surface area (Å²) in [6.45, 7) is 5.00. The number of anilines is 1. The van der Waals surface area contributed by atoms with E-state index in [0.29, 0.717) is 5.95 Å². The number of benzene rings is 1. The summed E-state index contributed by atoms with van der Waals surface area (Å²) >= 11 is 0. The van der Waals surface area contributed by atoms with Crippen molar-refractivity contribution >= 4 is 22.9 Å². The molecular formula is C20H22BrFN6O. The maximum atomic E-state index is 13.0. The number of nitrogens with zero attached hydrogens (tertiary/aromatic N) is 5. The van der Waals surface area contributed by atoms with Crippen molar-refractivity contribution in [3.63, 3.8) is 0 Å². The Morgan fingerprint density at radius 2 is 1.83 bits per heavy atom. The van der Waals surface area contributed by atoms with E-state index < -0.39 is 5.82 Å². The highest BCUT2D eigenvalue weighted by Crippen LogP contribution is 2.29. The molecule has 0 unspecified atom stereocenters. The van der Waals surface area contributed by atoms with Crippen LogP contribution in [0.1, 0.15) is 11.3 Å². The Morgan fingerprint density at radius 3 is 2.62 bits per heavy atom. The molecule has 1 aromatic carbocycles. The molecule has 2 aromatic heterocycles. The molecule has 0 spiro atoms. The molecule has 4 heterocycles. The minimum Gasteiger partial charge on any atom is -0.493 e. The van der Waals surface area contributed by atoms with E-state index in [-0.39, 0.29) is 17.0 Å². The van der Waals surface area contributed by atoms with Gasteiger partial charge in [-0.3, -0.25) is 4.90 Å². The molecule has 0 saturated carbocycles. The second kappa shape index (κ2) is 8.46. The predicted octanol–water partition coefficient (Wildman–Crippen LogP) is 2.84. The van der Waals surface area contributed by atoms with Crippen molar-refractivity contribution in [2.24, 2.45) is 0 Å². The van der Waals surface area contributed by atoms with Gasteiger partial charge in [-0.2, -0.15) is 0 Å². The monoisotopic (exact) mass is 460 g/mol. The van der Waals surface area contributed by atoms with Crippen LogP contribution in [-0.2, 0) is 13.0 Å². The molecule has 1 N–H and O–H groups in total. The summed E-state index contributed by atoms with van der Waals surface area (Å²) in [4.78, 5) is 20.6. The number of hydrogen-bond acceptors (Lipinski definition) is 6. The van der Waals surface area contributed by atoms with Crippen molar-refractivity contribution in [1.82, 2.24) is 24.8 Å². The van der Waals surface area contributed by atoms with Gasteiger partial charge in [-0.1, -0.05) is 0 Å². The van der Waals surface area contributed by atoms with Gasteiger partial charge in [-0.25, -0.2) is 19.3 Å². The smallest absolute Gasteiger partial charge is 0.225 e. The first-order chi connectivity index (χ1) is 13.7. The van der Waals surface area contributed by atoms with Crippen LogP contribution in [0.25, 0.3) is 11.4 Å². The number of imidazole rings is 1. The molecule has 152 valence electrons. The number of fused-ring (bicyclic) bond motifs is 1. The topological polar surface area (TPSA) is 70.2 Å². The standard InChI is InChI=1S/C20H21FN6O.BrH/c21-16-10-23-20(24-11-16)27-6-4-26(5-7-27)13-17-12-22-19(25-17)15-1-2-18-14(9-15)3-8-28-18;/h1-2,9-12H,3-8,13H2,(H,22,25);1H. The molecule has 9 heteroatoms. The van der Waals surface area contributed by atoms with Gasteiger partial charge in [-0.05, 0) is 23.8 Å². The Morgan fingerprint density at radius 1 is 1.03 bits per heavy atom. The van der Waals surface area contributed by atoms with Gasteiger partial charge in [-0.15, -0.1) is 17.0 Å². The molecule has 1 fully saturated rings. The second-order valence-electron chi connectivity index (χ2n) is 7.14. The maximum Gasteiger partial charge on any atom is 0.225 e. The maximum absolute atomic E-state index is 13.0. The normalized spacial score (nSPS) is 16.2. The number of piperazine rings is 1. The highest BCUT2D eigenvalue weighted by molar-refractivity contribution is 8.93. The Hall–Kier alpha value is -2.52. The van der Waals surface area contributed by atoms with E-state index in [2.05, 4.69) is 35.8 Å². The predicted molar refractivity (Wildman–Crippen MR) is 113 cm³/mol. The van der Waals surface area contributed by atoms with Crippen LogP contribution in [0, 0.1) is 5.82 Å². The van der Waals surface area contributed by atoms with E-state index >= 15 is 0 Å². The van der Waals surface area contributed by atoms with Crippen LogP contribution in [0.2, 0.25) is 0 Å². The first kappa shape index (κ1) is 19.8. The lowest BCUT2D eigenvalue weighted by atomic mass is 10.1. The number of aromatic nitrogens is 4. The molecule has 0 aliphatic carbocycles. The van der Waals surface area contributed by atoms with Gasteiger partial charge < -0.3 is 14.6 Å². The van der Waals surface area contributed by atoms with E-state index in [0.717, 1.165) is 68.6 Å². The van der Waals surface area contributed by atoms with Gasteiger partial charge in [0.15, 0.2) is 5.82 Å². The van der Waals surface area contributed by atoms with Crippen molar-refractivity contribution in [3.8, 4) is 17.1 Å². The van der Waals surface area contributed by atoms with Gasteiger partial charge in [0.05, 0.1) is 19.0 Å². The first-order valence-electron chi connectivity index (χ1n) is 9.49. The molecule has 0 atom stereocenters. The summed E-state index contributed by atoms with van der Waals surface area (Å²) in [7, 11) is 0. The van der Waals surface area contributed by atoms with Crippen LogP contribution in [0.4, 0.5) is 10.3 Å². The summed E-state index contributed by atoms with van der Waals surface area (Å²) in [6, 6.07) is 6.23. The summed E-state index contributed by atoms with van der Waals surface area (Å²) in [5.74, 6) is 2.06.